The molecule has 7 heteroatoms. The Hall–Kier alpha value is -1.82. The summed E-state index contributed by atoms with van der Waals surface area (Å²) in [4.78, 5) is 16.7. The minimum absolute atomic E-state index is 0.142. The highest BCUT2D eigenvalue weighted by molar-refractivity contribution is 7.89. The van der Waals surface area contributed by atoms with Gasteiger partial charge in [0.05, 0.1) is 10.3 Å². The molecule has 0 aromatic heterocycles. The monoisotopic (exact) mass is 409 g/mol. The second-order valence-electron chi connectivity index (χ2n) is 7.66. The molecule has 0 aliphatic carbocycles. The molecular formula is C21H33N2O4S+. The molecule has 0 bridgehead atoms. The molecule has 1 heterocycles. The highest BCUT2D eigenvalue weighted by Gasteiger charge is 2.43. The van der Waals surface area contributed by atoms with Crippen LogP contribution in [0.1, 0.15) is 65.9 Å². The maximum Gasteiger partial charge on any atom is 0.373 e. The van der Waals surface area contributed by atoms with Crippen molar-refractivity contribution >= 4 is 27.6 Å². The molecule has 0 unspecified atom stereocenters. The Labute approximate surface area is 169 Å². The molecule has 0 spiro atoms. The Bertz CT molecular complexity index is 851. The van der Waals surface area contributed by atoms with Crippen molar-refractivity contribution in [3.63, 3.8) is 0 Å². The van der Waals surface area contributed by atoms with Crippen molar-refractivity contribution in [1.82, 2.24) is 4.31 Å². The summed E-state index contributed by atoms with van der Waals surface area (Å²) < 4.78 is 29.4. The van der Waals surface area contributed by atoms with Gasteiger partial charge in [0.1, 0.15) is 6.54 Å². The molecule has 0 atom stereocenters. The van der Waals surface area contributed by atoms with E-state index in [-0.39, 0.29) is 11.6 Å². The largest absolute Gasteiger partial charge is 0.373 e. The van der Waals surface area contributed by atoms with E-state index < -0.39 is 10.0 Å². The summed E-state index contributed by atoms with van der Waals surface area (Å²) in [5.74, 6) is 0. The van der Waals surface area contributed by atoms with E-state index in [1.807, 2.05) is 19.1 Å². The molecule has 0 amide bonds. The first-order valence-electron chi connectivity index (χ1n) is 9.81. The molecule has 0 radical (unpaired) electrons. The van der Waals surface area contributed by atoms with Crippen molar-refractivity contribution < 1.29 is 22.6 Å². The number of fused-ring (bicyclic) bond motifs is 1. The lowest BCUT2D eigenvalue weighted by Gasteiger charge is -2.19. The Balaban J connectivity index is 0.00000122. The second-order valence-corrected chi connectivity index (χ2v) is 9.70. The van der Waals surface area contributed by atoms with Gasteiger partial charge in [-0.25, -0.2) is 12.7 Å². The SMILES string of the molecule is CCCCC[N+]1=C(C)C(C)(C)c2cc(S(=O)(=O)N(C)CCC)ccc21.O=C=O. The molecule has 1 aromatic carbocycles. The highest BCUT2D eigenvalue weighted by Crippen LogP contribution is 2.41. The van der Waals surface area contributed by atoms with E-state index in [0.717, 1.165) is 30.6 Å². The van der Waals surface area contributed by atoms with Crippen LogP contribution in [0.4, 0.5) is 5.69 Å². The van der Waals surface area contributed by atoms with Crippen molar-refractivity contribution in [2.24, 2.45) is 0 Å². The van der Waals surface area contributed by atoms with Gasteiger partial charge in [-0.05, 0) is 38.8 Å². The molecule has 0 fully saturated rings. The van der Waals surface area contributed by atoms with Crippen LogP contribution in [0, 0.1) is 0 Å². The Kier molecular flexibility index (Phi) is 8.74. The number of rotatable bonds is 8. The Morgan fingerprint density at radius 2 is 1.71 bits per heavy atom. The minimum atomic E-state index is -3.42. The molecule has 0 saturated carbocycles. The highest BCUT2D eigenvalue weighted by atomic mass is 32.2. The molecule has 1 aliphatic heterocycles. The predicted molar refractivity (Wildman–Crippen MR) is 110 cm³/mol. The van der Waals surface area contributed by atoms with Crippen LogP contribution in [-0.4, -0.2) is 49.3 Å². The van der Waals surface area contributed by atoms with Gasteiger partial charge in [0.25, 0.3) is 0 Å². The molecule has 6 nitrogen and oxygen atoms in total. The standard InChI is InChI=1S/C20H33N2O2S.CO2/c1-7-9-10-14-22-16(3)20(4,5)18-15-17(11-12-19(18)22)25(23,24)21(6)13-8-2;2-1-3/h11-12,15H,7-10,13-14H2,1-6H3;/q+1;. The molecule has 0 N–H and O–H groups in total. The van der Waals surface area contributed by atoms with Crippen molar-refractivity contribution in [3.8, 4) is 0 Å². The van der Waals surface area contributed by atoms with Crippen LogP contribution in [0.2, 0.25) is 0 Å². The Morgan fingerprint density at radius 3 is 2.25 bits per heavy atom. The van der Waals surface area contributed by atoms with Crippen molar-refractivity contribution in [3.05, 3.63) is 23.8 Å². The van der Waals surface area contributed by atoms with Crippen LogP contribution in [0.25, 0.3) is 0 Å². The summed E-state index contributed by atoms with van der Waals surface area (Å²) in [6.07, 6.45) is 4.63. The topological polar surface area (TPSA) is 74.5 Å². The summed E-state index contributed by atoms with van der Waals surface area (Å²) in [5, 5.41) is 0. The van der Waals surface area contributed by atoms with E-state index in [2.05, 4.69) is 32.3 Å². The van der Waals surface area contributed by atoms with Crippen LogP contribution in [0.3, 0.4) is 0 Å². The fourth-order valence-electron chi connectivity index (χ4n) is 3.55. The maximum absolute atomic E-state index is 12.8. The molecule has 156 valence electrons. The average Bonchev–Trinajstić information content (AvgIpc) is 2.83. The fourth-order valence-corrected chi connectivity index (χ4v) is 4.84. The lowest BCUT2D eigenvalue weighted by atomic mass is 9.82. The predicted octanol–water partition coefficient (Wildman–Crippen LogP) is 3.72. The number of sulfonamides is 1. The van der Waals surface area contributed by atoms with Gasteiger partial charge in [0.15, 0.2) is 5.71 Å². The van der Waals surface area contributed by atoms with Gasteiger partial charge < -0.3 is 0 Å². The van der Waals surface area contributed by atoms with Gasteiger partial charge in [0, 0.05) is 38.6 Å². The van der Waals surface area contributed by atoms with Crippen LogP contribution < -0.4 is 0 Å². The van der Waals surface area contributed by atoms with E-state index in [1.54, 1.807) is 13.1 Å². The normalized spacial score (nSPS) is 15.1. The van der Waals surface area contributed by atoms with Crippen molar-refractivity contribution in [2.45, 2.75) is 70.6 Å². The summed E-state index contributed by atoms with van der Waals surface area (Å²) >= 11 is 0. The first kappa shape index (κ1) is 24.2. The van der Waals surface area contributed by atoms with Crippen LogP contribution in [0.15, 0.2) is 23.1 Å². The lowest BCUT2D eigenvalue weighted by Crippen LogP contribution is -2.29. The first-order chi connectivity index (χ1) is 13.1. The third-order valence-electron chi connectivity index (χ3n) is 5.47. The van der Waals surface area contributed by atoms with E-state index >= 15 is 0 Å². The number of nitrogens with zero attached hydrogens (tertiary/aromatic N) is 2. The number of unbranched alkanes of at least 4 members (excludes halogenated alkanes) is 2. The number of hydrogen-bond acceptors (Lipinski definition) is 4. The molecule has 2 rings (SSSR count). The van der Waals surface area contributed by atoms with E-state index in [1.165, 1.54) is 22.9 Å². The summed E-state index contributed by atoms with van der Waals surface area (Å²) in [5.41, 5.74) is 3.44. The minimum Gasteiger partial charge on any atom is -0.207 e. The van der Waals surface area contributed by atoms with Gasteiger partial charge in [-0.15, -0.1) is 0 Å². The number of carbonyl (C=O) groups excluding carboxylic acids is 2. The lowest BCUT2D eigenvalue weighted by molar-refractivity contribution is -0.439. The second kappa shape index (κ2) is 10.1. The van der Waals surface area contributed by atoms with Crippen molar-refractivity contribution in [2.75, 3.05) is 20.1 Å². The van der Waals surface area contributed by atoms with Gasteiger partial charge in [-0.3, -0.25) is 0 Å². The van der Waals surface area contributed by atoms with Crippen LogP contribution in [-0.2, 0) is 25.0 Å². The third-order valence-corrected chi connectivity index (χ3v) is 7.33. The van der Waals surface area contributed by atoms with Crippen LogP contribution in [0.5, 0.6) is 0 Å². The maximum atomic E-state index is 12.8. The molecule has 1 aliphatic rings. The van der Waals surface area contributed by atoms with Crippen LogP contribution >= 0.6 is 0 Å². The zero-order chi connectivity index (χ0) is 21.5. The average molecular weight is 410 g/mol. The summed E-state index contributed by atoms with van der Waals surface area (Å²) in [7, 11) is -1.76. The quantitative estimate of drug-likeness (QED) is 0.484. The molecular weight excluding hydrogens is 376 g/mol. The summed E-state index contributed by atoms with van der Waals surface area (Å²) in [6, 6.07) is 5.65. The smallest absolute Gasteiger partial charge is 0.207 e. The van der Waals surface area contributed by atoms with Gasteiger partial charge in [-0.2, -0.15) is 14.2 Å². The van der Waals surface area contributed by atoms with E-state index in [4.69, 9.17) is 9.59 Å². The fraction of sp³-hybridized carbons (Fsp3) is 0.619. The number of hydrogen-bond donors (Lipinski definition) is 0. The first-order valence-corrected chi connectivity index (χ1v) is 11.2. The zero-order valence-corrected chi connectivity index (χ0v) is 18.7. The van der Waals surface area contributed by atoms with E-state index in [9.17, 15) is 8.42 Å². The van der Waals surface area contributed by atoms with E-state index in [0.29, 0.717) is 11.4 Å². The molecule has 1 aromatic rings. The molecule has 28 heavy (non-hydrogen) atoms. The molecule has 0 saturated heterocycles. The van der Waals surface area contributed by atoms with Gasteiger partial charge in [0.2, 0.25) is 15.7 Å². The van der Waals surface area contributed by atoms with Gasteiger partial charge in [-0.1, -0.05) is 20.3 Å². The van der Waals surface area contributed by atoms with Gasteiger partial charge >= 0.3 is 6.15 Å². The summed E-state index contributed by atoms with van der Waals surface area (Å²) in [6.45, 7) is 12.3. The number of benzene rings is 1. The zero-order valence-electron chi connectivity index (χ0n) is 17.9. The third kappa shape index (κ3) is 4.96. The van der Waals surface area contributed by atoms with Crippen molar-refractivity contribution in [1.29, 1.82) is 0 Å². The Morgan fingerprint density at radius 1 is 1.11 bits per heavy atom.